The summed E-state index contributed by atoms with van der Waals surface area (Å²) in [5, 5.41) is 14.4. The third-order valence-electron chi connectivity index (χ3n) is 8.36. The average Bonchev–Trinajstić information content (AvgIpc) is 3.03. The molecule has 0 amide bonds. The molecule has 6 rings (SSSR count). The van der Waals surface area contributed by atoms with Crippen molar-refractivity contribution in [2.45, 2.75) is 45.3 Å². The highest BCUT2D eigenvalue weighted by Gasteiger charge is 2.28. The monoisotopic (exact) mass is 637 g/mol. The average molecular weight is 638 g/mol. The van der Waals surface area contributed by atoms with Crippen LogP contribution in [0.5, 0.6) is 0 Å². The van der Waals surface area contributed by atoms with E-state index in [0.717, 1.165) is 44.7 Å². The van der Waals surface area contributed by atoms with Crippen LogP contribution >= 0.6 is 23.5 Å². The Labute approximate surface area is 276 Å². The number of fused-ring (bicyclic) bond motifs is 4. The summed E-state index contributed by atoms with van der Waals surface area (Å²) in [5.74, 6) is 0. The van der Waals surface area contributed by atoms with Gasteiger partial charge in [-0.05, 0) is 102 Å². The van der Waals surface area contributed by atoms with E-state index in [1.165, 1.54) is 53.5 Å². The second-order valence-corrected chi connectivity index (χ2v) is 14.5. The van der Waals surface area contributed by atoms with Gasteiger partial charge >= 0.3 is 0 Å². The quantitative estimate of drug-likeness (QED) is 0.0951. The van der Waals surface area contributed by atoms with Crippen LogP contribution < -0.4 is 9.80 Å². The second kappa shape index (κ2) is 14.3. The van der Waals surface area contributed by atoms with E-state index in [9.17, 15) is 5.21 Å². The zero-order valence-electron chi connectivity index (χ0n) is 26.7. The summed E-state index contributed by atoms with van der Waals surface area (Å²) in [6.07, 6.45) is 3.28. The van der Waals surface area contributed by atoms with Gasteiger partial charge in [0.1, 0.15) is 0 Å². The molecule has 0 spiro atoms. The highest BCUT2D eigenvalue weighted by molar-refractivity contribution is 8.00. The smallest absolute Gasteiger partial charge is 0.0659 e. The van der Waals surface area contributed by atoms with Gasteiger partial charge in [-0.25, -0.2) is 0 Å². The molecule has 0 saturated carbocycles. The molecule has 0 aromatic heterocycles. The summed E-state index contributed by atoms with van der Waals surface area (Å²) < 4.78 is 0. The van der Waals surface area contributed by atoms with Crippen molar-refractivity contribution in [2.24, 2.45) is 5.16 Å². The lowest BCUT2D eigenvalue weighted by molar-refractivity contribution is 0.317. The summed E-state index contributed by atoms with van der Waals surface area (Å²) in [6, 6.07) is 30.6. The molecule has 6 nitrogen and oxygen atoms in total. The molecule has 0 aliphatic carbocycles. The van der Waals surface area contributed by atoms with Crippen molar-refractivity contribution < 1.29 is 5.21 Å². The maximum atomic E-state index is 10.4. The molecule has 0 bridgehead atoms. The van der Waals surface area contributed by atoms with Crippen LogP contribution in [0.4, 0.5) is 22.7 Å². The highest BCUT2D eigenvalue weighted by atomic mass is 32.2. The number of hydrogen-bond acceptors (Lipinski definition) is 8. The van der Waals surface area contributed by atoms with Gasteiger partial charge in [0, 0.05) is 45.5 Å². The molecular formula is C37H43N5OS2. The predicted molar refractivity (Wildman–Crippen MR) is 191 cm³/mol. The Balaban J connectivity index is 1.31. The lowest BCUT2D eigenvalue weighted by Crippen LogP contribution is -2.27. The molecule has 1 N–H and O–H groups in total. The molecule has 8 heteroatoms. The van der Waals surface area contributed by atoms with Gasteiger partial charge in [0.2, 0.25) is 0 Å². The molecule has 4 aromatic rings. The zero-order valence-corrected chi connectivity index (χ0v) is 28.4. The third kappa shape index (κ3) is 7.04. The number of hydrogen-bond donors (Lipinski definition) is 1. The summed E-state index contributed by atoms with van der Waals surface area (Å²) >= 11 is 3.67. The van der Waals surface area contributed by atoms with Crippen LogP contribution in [0.2, 0.25) is 0 Å². The van der Waals surface area contributed by atoms with E-state index in [4.69, 9.17) is 0 Å². The van der Waals surface area contributed by atoms with Crippen molar-refractivity contribution in [3.63, 3.8) is 0 Å². The van der Waals surface area contributed by atoms with Crippen molar-refractivity contribution in [2.75, 3.05) is 64.2 Å². The lowest BCUT2D eigenvalue weighted by Gasteiger charge is -2.35. The standard InChI is InChI=1S/C37H43N5OS2/c1-39(2)21-11-23-41-30-15-5-7-17-32(30)44-34-19-9-13-27(36(34)41)25-29(38-43)26-28-14-10-20-35-37(28)42(24-12-22-40(3)4)31-16-6-8-18-33(31)45-35/h5-10,13-20,43H,11-12,21-26H2,1-4H3. The van der Waals surface area contributed by atoms with E-state index in [0.29, 0.717) is 12.8 Å². The van der Waals surface area contributed by atoms with E-state index in [2.05, 4.69) is 138 Å². The Hall–Kier alpha value is -3.43. The fourth-order valence-electron chi connectivity index (χ4n) is 6.34. The maximum Gasteiger partial charge on any atom is 0.0659 e. The Morgan fingerprint density at radius 2 is 1.02 bits per heavy atom. The van der Waals surface area contributed by atoms with Gasteiger partial charge in [0.25, 0.3) is 0 Å². The normalized spacial score (nSPS) is 13.4. The highest BCUT2D eigenvalue weighted by Crippen LogP contribution is 2.51. The molecule has 0 fully saturated rings. The maximum absolute atomic E-state index is 10.4. The van der Waals surface area contributed by atoms with E-state index in [1.54, 1.807) is 0 Å². The summed E-state index contributed by atoms with van der Waals surface area (Å²) in [7, 11) is 8.52. The molecule has 0 atom stereocenters. The van der Waals surface area contributed by atoms with Gasteiger partial charge in [-0.2, -0.15) is 0 Å². The Bertz CT molecular complexity index is 1550. The van der Waals surface area contributed by atoms with E-state index in [-0.39, 0.29) is 0 Å². The van der Waals surface area contributed by atoms with Gasteiger partial charge in [-0.15, -0.1) is 0 Å². The van der Waals surface area contributed by atoms with Gasteiger partial charge in [-0.3, -0.25) is 0 Å². The van der Waals surface area contributed by atoms with E-state index < -0.39 is 0 Å². The Kier molecular flexibility index (Phi) is 10.0. The van der Waals surface area contributed by atoms with Crippen LogP contribution in [0.1, 0.15) is 24.0 Å². The molecule has 2 aliphatic heterocycles. The van der Waals surface area contributed by atoms with Crippen LogP contribution in [-0.2, 0) is 12.8 Å². The van der Waals surface area contributed by atoms with Crippen molar-refractivity contribution >= 4 is 52.0 Å². The lowest BCUT2D eigenvalue weighted by atomic mass is 9.98. The number of benzene rings is 4. The van der Waals surface area contributed by atoms with Gasteiger partial charge in [-0.1, -0.05) is 77.2 Å². The minimum Gasteiger partial charge on any atom is -0.411 e. The summed E-state index contributed by atoms with van der Waals surface area (Å²) in [4.78, 5) is 14.5. The molecule has 0 saturated heterocycles. The molecule has 2 aliphatic rings. The molecule has 45 heavy (non-hydrogen) atoms. The number of rotatable bonds is 12. The number of para-hydroxylation sites is 4. The van der Waals surface area contributed by atoms with Gasteiger partial charge in [0.15, 0.2) is 0 Å². The molecule has 0 unspecified atom stereocenters. The van der Waals surface area contributed by atoms with Gasteiger partial charge in [0.05, 0.1) is 28.5 Å². The predicted octanol–water partition coefficient (Wildman–Crippen LogP) is 8.41. The van der Waals surface area contributed by atoms with Crippen molar-refractivity contribution in [1.82, 2.24) is 9.80 Å². The Morgan fingerprint density at radius 1 is 0.600 bits per heavy atom. The van der Waals surface area contributed by atoms with Crippen molar-refractivity contribution in [1.29, 1.82) is 0 Å². The topological polar surface area (TPSA) is 45.5 Å². The van der Waals surface area contributed by atoms with Gasteiger partial charge < -0.3 is 24.8 Å². The van der Waals surface area contributed by atoms with Crippen LogP contribution in [0.25, 0.3) is 0 Å². The minimum absolute atomic E-state index is 0.584. The van der Waals surface area contributed by atoms with E-state index in [1.807, 2.05) is 23.5 Å². The molecular weight excluding hydrogens is 595 g/mol. The van der Waals surface area contributed by atoms with Crippen molar-refractivity contribution in [3.05, 3.63) is 96.1 Å². The second-order valence-electron chi connectivity index (χ2n) is 12.3. The number of anilines is 4. The zero-order chi connectivity index (χ0) is 31.3. The van der Waals surface area contributed by atoms with E-state index >= 15 is 0 Å². The van der Waals surface area contributed by atoms with Crippen LogP contribution in [0.15, 0.2) is 110 Å². The largest absolute Gasteiger partial charge is 0.411 e. The van der Waals surface area contributed by atoms with Crippen LogP contribution in [0.3, 0.4) is 0 Å². The molecule has 2 heterocycles. The Morgan fingerprint density at radius 3 is 1.44 bits per heavy atom. The molecule has 0 radical (unpaired) electrons. The number of oxime groups is 1. The number of nitrogens with zero attached hydrogens (tertiary/aromatic N) is 5. The first-order valence-electron chi connectivity index (χ1n) is 15.7. The SMILES string of the molecule is CN(C)CCCN1c2ccccc2Sc2cccc(CC(Cc3cccc4c3N(CCCN(C)C)c3ccccc3S4)=NO)c21. The first-order valence-corrected chi connectivity index (χ1v) is 17.4. The first kappa shape index (κ1) is 31.5. The summed E-state index contributed by atoms with van der Waals surface area (Å²) in [6.45, 7) is 3.90. The first-order chi connectivity index (χ1) is 21.9. The fourth-order valence-corrected chi connectivity index (χ4v) is 8.64. The summed E-state index contributed by atoms with van der Waals surface area (Å²) in [5.41, 5.74) is 8.15. The third-order valence-corrected chi connectivity index (χ3v) is 10.6. The fraction of sp³-hybridized carbons (Fsp3) is 0.324. The van der Waals surface area contributed by atoms with Crippen molar-refractivity contribution in [3.8, 4) is 0 Å². The molecule has 234 valence electrons. The van der Waals surface area contributed by atoms with Crippen LogP contribution in [-0.4, -0.2) is 75.1 Å². The van der Waals surface area contributed by atoms with Crippen LogP contribution in [0, 0.1) is 0 Å². The molecule has 4 aromatic carbocycles. The minimum atomic E-state index is 0.584.